The lowest BCUT2D eigenvalue weighted by Gasteiger charge is -2.32. The summed E-state index contributed by atoms with van der Waals surface area (Å²) in [7, 11) is 0. The van der Waals surface area contributed by atoms with Gasteiger partial charge in [0.15, 0.2) is 0 Å². The number of fused-ring (bicyclic) bond motifs is 1. The highest BCUT2D eigenvalue weighted by molar-refractivity contribution is 5.84. The predicted molar refractivity (Wildman–Crippen MR) is 131 cm³/mol. The molecule has 0 atom stereocenters. The zero-order valence-corrected chi connectivity index (χ0v) is 18.8. The topological polar surface area (TPSA) is 25.2 Å². The molecule has 3 aromatic carbocycles. The highest BCUT2D eigenvalue weighted by Crippen LogP contribution is 2.35. The molecule has 0 radical (unpaired) electrons. The van der Waals surface area contributed by atoms with Gasteiger partial charge in [0, 0.05) is 43.2 Å². The highest BCUT2D eigenvalue weighted by atomic mass is 19.1. The SMILES string of the molecule is O=C(CCc1ccccc1)N1CCC(c2cn(Cc3cccc(F)c3)c3ccccc23)CC1. The van der Waals surface area contributed by atoms with Crippen LogP contribution in [0.1, 0.15) is 41.9 Å². The van der Waals surface area contributed by atoms with Crippen molar-refractivity contribution in [2.75, 3.05) is 13.1 Å². The summed E-state index contributed by atoms with van der Waals surface area (Å²) >= 11 is 0. The van der Waals surface area contributed by atoms with Gasteiger partial charge in [0.2, 0.25) is 5.91 Å². The van der Waals surface area contributed by atoms with Crippen LogP contribution in [0.5, 0.6) is 0 Å². The molecule has 168 valence electrons. The number of hydrogen-bond acceptors (Lipinski definition) is 1. The summed E-state index contributed by atoms with van der Waals surface area (Å²) in [4.78, 5) is 14.8. The summed E-state index contributed by atoms with van der Waals surface area (Å²) < 4.78 is 15.9. The van der Waals surface area contributed by atoms with Crippen LogP contribution in [0.15, 0.2) is 85.1 Å². The molecule has 3 nitrogen and oxygen atoms in total. The Labute approximate surface area is 194 Å². The highest BCUT2D eigenvalue weighted by Gasteiger charge is 2.26. The Hall–Kier alpha value is -3.40. The van der Waals surface area contributed by atoms with Crippen LogP contribution in [-0.4, -0.2) is 28.5 Å². The van der Waals surface area contributed by atoms with Crippen LogP contribution in [0.4, 0.5) is 4.39 Å². The van der Waals surface area contributed by atoms with Crippen LogP contribution < -0.4 is 0 Å². The maximum Gasteiger partial charge on any atom is 0.222 e. The number of carbonyl (C=O) groups excluding carboxylic acids is 1. The molecule has 0 N–H and O–H groups in total. The van der Waals surface area contributed by atoms with E-state index in [0.29, 0.717) is 18.9 Å². The van der Waals surface area contributed by atoms with Crippen LogP contribution in [0, 0.1) is 5.82 Å². The Morgan fingerprint density at radius 1 is 0.879 bits per heavy atom. The number of amides is 1. The number of aryl methyl sites for hydroxylation is 1. The first kappa shape index (κ1) is 21.4. The number of rotatable bonds is 6. The number of piperidine rings is 1. The molecule has 2 heterocycles. The number of halogens is 1. The summed E-state index contributed by atoms with van der Waals surface area (Å²) in [5, 5.41) is 1.27. The van der Waals surface area contributed by atoms with Crippen molar-refractivity contribution >= 4 is 16.8 Å². The van der Waals surface area contributed by atoms with Crippen molar-refractivity contribution in [3.05, 3.63) is 108 Å². The molecule has 1 aliphatic rings. The molecule has 0 spiro atoms. The minimum Gasteiger partial charge on any atom is -0.343 e. The molecule has 4 heteroatoms. The second-order valence-corrected chi connectivity index (χ2v) is 9.00. The summed E-state index contributed by atoms with van der Waals surface area (Å²) in [6.07, 6.45) is 5.57. The molecule has 0 unspecified atom stereocenters. The van der Waals surface area contributed by atoms with Gasteiger partial charge in [0.1, 0.15) is 5.82 Å². The zero-order valence-electron chi connectivity index (χ0n) is 18.8. The van der Waals surface area contributed by atoms with Crippen LogP contribution in [0.3, 0.4) is 0 Å². The Kier molecular flexibility index (Phi) is 6.25. The maximum atomic E-state index is 13.7. The van der Waals surface area contributed by atoms with Crippen LogP contribution in [0.25, 0.3) is 10.9 Å². The van der Waals surface area contributed by atoms with Crippen LogP contribution in [-0.2, 0) is 17.8 Å². The van der Waals surface area contributed by atoms with Crippen molar-refractivity contribution in [3.8, 4) is 0 Å². The van der Waals surface area contributed by atoms with Gasteiger partial charge in [0.25, 0.3) is 0 Å². The Bertz CT molecular complexity index is 1240. The van der Waals surface area contributed by atoms with Gasteiger partial charge in [-0.25, -0.2) is 4.39 Å². The average molecular weight is 441 g/mol. The molecule has 0 aliphatic carbocycles. The first-order chi connectivity index (χ1) is 16.2. The molecule has 1 aromatic heterocycles. The molecule has 1 fully saturated rings. The van der Waals surface area contributed by atoms with Crippen molar-refractivity contribution in [2.45, 2.75) is 38.1 Å². The second-order valence-electron chi connectivity index (χ2n) is 9.00. The second kappa shape index (κ2) is 9.62. The average Bonchev–Trinajstić information content (AvgIpc) is 3.22. The van der Waals surface area contributed by atoms with E-state index in [-0.39, 0.29) is 11.7 Å². The molecule has 1 aliphatic heterocycles. The van der Waals surface area contributed by atoms with Crippen molar-refractivity contribution < 1.29 is 9.18 Å². The lowest BCUT2D eigenvalue weighted by atomic mass is 9.89. The molecule has 5 rings (SSSR count). The molecule has 1 saturated heterocycles. The van der Waals surface area contributed by atoms with Gasteiger partial charge in [-0.15, -0.1) is 0 Å². The van der Waals surface area contributed by atoms with E-state index < -0.39 is 0 Å². The van der Waals surface area contributed by atoms with E-state index in [1.54, 1.807) is 12.1 Å². The Balaban J connectivity index is 1.27. The summed E-state index contributed by atoms with van der Waals surface area (Å²) in [5.41, 5.74) is 4.70. The fourth-order valence-corrected chi connectivity index (χ4v) is 5.06. The third-order valence-electron chi connectivity index (χ3n) is 6.82. The van der Waals surface area contributed by atoms with E-state index in [0.717, 1.165) is 37.9 Å². The normalized spacial score (nSPS) is 14.6. The lowest BCUT2D eigenvalue weighted by Crippen LogP contribution is -2.38. The van der Waals surface area contributed by atoms with Gasteiger partial charge >= 0.3 is 0 Å². The third kappa shape index (κ3) is 4.85. The number of nitrogens with zero attached hydrogens (tertiary/aromatic N) is 2. The number of carbonyl (C=O) groups is 1. The fourth-order valence-electron chi connectivity index (χ4n) is 5.06. The van der Waals surface area contributed by atoms with E-state index in [1.165, 1.54) is 28.1 Å². The van der Waals surface area contributed by atoms with Gasteiger partial charge < -0.3 is 9.47 Å². The van der Waals surface area contributed by atoms with Crippen LogP contribution >= 0.6 is 0 Å². The quantitative estimate of drug-likeness (QED) is 0.352. The minimum atomic E-state index is -0.200. The lowest BCUT2D eigenvalue weighted by molar-refractivity contribution is -0.132. The van der Waals surface area contributed by atoms with Gasteiger partial charge in [-0.2, -0.15) is 0 Å². The third-order valence-corrected chi connectivity index (χ3v) is 6.82. The first-order valence-corrected chi connectivity index (χ1v) is 11.8. The monoisotopic (exact) mass is 440 g/mol. The summed E-state index contributed by atoms with van der Waals surface area (Å²) in [6.45, 7) is 2.26. The number of likely N-dealkylation sites (tertiary alicyclic amines) is 1. The van der Waals surface area contributed by atoms with Gasteiger partial charge in [-0.1, -0.05) is 60.7 Å². The maximum absolute atomic E-state index is 13.7. The Morgan fingerprint density at radius 2 is 1.61 bits per heavy atom. The Morgan fingerprint density at radius 3 is 2.39 bits per heavy atom. The van der Waals surface area contributed by atoms with Crippen molar-refractivity contribution in [3.63, 3.8) is 0 Å². The zero-order chi connectivity index (χ0) is 22.6. The smallest absolute Gasteiger partial charge is 0.222 e. The molecule has 4 aromatic rings. The number of para-hydroxylation sites is 1. The number of aromatic nitrogens is 1. The van der Waals surface area contributed by atoms with E-state index in [9.17, 15) is 9.18 Å². The fraction of sp³-hybridized carbons (Fsp3) is 0.276. The largest absolute Gasteiger partial charge is 0.343 e. The van der Waals surface area contributed by atoms with Gasteiger partial charge in [0.05, 0.1) is 0 Å². The summed E-state index contributed by atoms with van der Waals surface area (Å²) in [6, 6.07) is 25.5. The van der Waals surface area contributed by atoms with E-state index in [1.807, 2.05) is 29.2 Å². The molecule has 1 amide bonds. The number of benzene rings is 3. The minimum absolute atomic E-state index is 0.200. The molecule has 33 heavy (non-hydrogen) atoms. The standard InChI is InChI=1S/C29H29FN2O/c30-25-10-6-9-23(19-25)20-32-21-27(26-11-4-5-12-28(26)32)24-15-17-31(18-16-24)29(33)14-13-22-7-2-1-3-8-22/h1-12,19,21,24H,13-18,20H2. The molecular formula is C29H29FN2O. The first-order valence-electron chi connectivity index (χ1n) is 11.8. The predicted octanol–water partition coefficient (Wildman–Crippen LogP) is 6.17. The van der Waals surface area contributed by atoms with Crippen LogP contribution in [0.2, 0.25) is 0 Å². The molecule has 0 saturated carbocycles. The van der Waals surface area contributed by atoms with Crippen molar-refractivity contribution in [2.24, 2.45) is 0 Å². The van der Waals surface area contributed by atoms with Crippen molar-refractivity contribution in [1.29, 1.82) is 0 Å². The van der Waals surface area contributed by atoms with Crippen molar-refractivity contribution in [1.82, 2.24) is 9.47 Å². The molecular weight excluding hydrogens is 411 g/mol. The summed E-state index contributed by atoms with van der Waals surface area (Å²) in [5.74, 6) is 0.487. The van der Waals surface area contributed by atoms with Gasteiger partial charge in [-0.3, -0.25) is 4.79 Å². The number of hydrogen-bond donors (Lipinski definition) is 0. The van der Waals surface area contributed by atoms with Gasteiger partial charge in [-0.05, 0) is 60.1 Å². The molecule has 0 bridgehead atoms. The van der Waals surface area contributed by atoms with E-state index in [2.05, 4.69) is 47.2 Å². The van der Waals surface area contributed by atoms with E-state index >= 15 is 0 Å². The van der Waals surface area contributed by atoms with E-state index in [4.69, 9.17) is 0 Å².